The van der Waals surface area contributed by atoms with E-state index in [1.54, 1.807) is 13.8 Å². The molecule has 1 aromatic carbocycles. The van der Waals surface area contributed by atoms with E-state index in [1.165, 1.54) is 47.4 Å². The van der Waals surface area contributed by atoms with Crippen LogP contribution in [0.25, 0.3) is 0 Å². The molecule has 1 N–H and O–H groups in total. The number of allylic oxidation sites excluding steroid dienone is 1. The third kappa shape index (κ3) is 4.42. The Bertz CT molecular complexity index is 1090. The van der Waals surface area contributed by atoms with Crippen LogP contribution in [-0.2, 0) is 14.3 Å². The molecule has 0 saturated carbocycles. The minimum absolute atomic E-state index is 0.0838. The van der Waals surface area contributed by atoms with Crippen molar-refractivity contribution < 1.29 is 18.7 Å². The Morgan fingerprint density at radius 3 is 2.71 bits per heavy atom. The number of nitrogens with one attached hydrogen (secondary N) is 1. The fraction of sp³-hybridized carbons (Fsp3) is 0.227. The molecule has 6 nitrogen and oxygen atoms in total. The number of benzene rings is 1. The van der Waals surface area contributed by atoms with Gasteiger partial charge in [-0.05, 0) is 55.0 Å². The lowest BCUT2D eigenvalue weighted by molar-refractivity contribution is -0.139. The summed E-state index contributed by atoms with van der Waals surface area (Å²) in [4.78, 5) is 33.0. The van der Waals surface area contributed by atoms with Gasteiger partial charge < -0.3 is 15.0 Å². The van der Waals surface area contributed by atoms with Crippen molar-refractivity contribution in [2.75, 3.05) is 11.9 Å². The number of nitrogens with zero attached hydrogens (tertiary/aromatic N) is 2. The minimum Gasteiger partial charge on any atom is -0.463 e. The average Bonchev–Trinajstić information content (AvgIpc) is 3.39. The molecule has 0 spiro atoms. The summed E-state index contributed by atoms with van der Waals surface area (Å²) in [7, 11) is 0. The monoisotopic (exact) mass is 457 g/mol. The van der Waals surface area contributed by atoms with Crippen LogP contribution in [0.15, 0.2) is 69.1 Å². The van der Waals surface area contributed by atoms with Crippen molar-refractivity contribution >= 4 is 45.8 Å². The Morgan fingerprint density at radius 1 is 1.26 bits per heavy atom. The average molecular weight is 458 g/mol. The number of hydrogen-bond donors (Lipinski definition) is 1. The molecule has 1 unspecified atom stereocenters. The summed E-state index contributed by atoms with van der Waals surface area (Å²) in [5.41, 5.74) is 2.33. The molecule has 0 bridgehead atoms. The predicted octanol–water partition coefficient (Wildman–Crippen LogP) is 5.05. The third-order valence-electron chi connectivity index (χ3n) is 4.78. The molecule has 1 aromatic heterocycles. The molecule has 0 radical (unpaired) electrons. The maximum Gasteiger partial charge on any atom is 0.338 e. The second-order valence-corrected chi connectivity index (χ2v) is 8.68. The van der Waals surface area contributed by atoms with Gasteiger partial charge in [-0.1, -0.05) is 17.8 Å². The van der Waals surface area contributed by atoms with Gasteiger partial charge in [0.2, 0.25) is 5.91 Å². The van der Waals surface area contributed by atoms with Gasteiger partial charge in [-0.25, -0.2) is 14.2 Å². The van der Waals surface area contributed by atoms with E-state index in [1.807, 2.05) is 27.8 Å². The van der Waals surface area contributed by atoms with Gasteiger partial charge >= 0.3 is 5.97 Å². The standard InChI is InChI=1S/C22H20FN3O3S2/c1-3-29-21(28)19-13(2)24-22-26(20(19)17-5-4-10-30-17)16(12-31-22)11-18(27)25-15-8-6-14(23)7-9-15/h4-10,12,20H,3,11H2,1-2H3,(H,25,27). The molecule has 2 aliphatic heterocycles. The number of esters is 1. The van der Waals surface area contributed by atoms with E-state index in [4.69, 9.17) is 4.74 Å². The number of fused-ring (bicyclic) bond motifs is 1. The van der Waals surface area contributed by atoms with Gasteiger partial charge in [0.1, 0.15) is 11.9 Å². The van der Waals surface area contributed by atoms with Gasteiger partial charge in [0.15, 0.2) is 5.17 Å². The van der Waals surface area contributed by atoms with Gasteiger partial charge in [0, 0.05) is 16.3 Å². The topological polar surface area (TPSA) is 71.0 Å². The number of halogens is 1. The second kappa shape index (κ2) is 9.07. The molecule has 3 heterocycles. The molecule has 0 fully saturated rings. The molecule has 2 aromatic rings. The summed E-state index contributed by atoms with van der Waals surface area (Å²) in [6, 6.07) is 9.09. The highest BCUT2D eigenvalue weighted by molar-refractivity contribution is 8.16. The van der Waals surface area contributed by atoms with E-state index < -0.39 is 12.0 Å². The molecule has 160 valence electrons. The zero-order valence-electron chi connectivity index (χ0n) is 16.9. The fourth-order valence-corrected chi connectivity index (χ4v) is 5.25. The zero-order valence-corrected chi connectivity index (χ0v) is 18.6. The normalized spacial score (nSPS) is 17.8. The van der Waals surface area contributed by atoms with Crippen molar-refractivity contribution in [3.8, 4) is 0 Å². The van der Waals surface area contributed by atoms with Gasteiger partial charge in [0.25, 0.3) is 0 Å². The number of thiophene rings is 1. The number of amidine groups is 1. The number of ether oxygens (including phenoxy) is 1. The van der Waals surface area contributed by atoms with Crippen molar-refractivity contribution in [1.29, 1.82) is 0 Å². The number of hydrogen-bond acceptors (Lipinski definition) is 7. The SMILES string of the molecule is CCOC(=O)C1=C(C)N=C2SC=C(CC(=O)Nc3ccc(F)cc3)N2C1c1cccs1. The van der Waals surface area contributed by atoms with E-state index in [0.29, 0.717) is 22.1 Å². The fourth-order valence-electron chi connectivity index (χ4n) is 3.46. The van der Waals surface area contributed by atoms with Crippen LogP contribution in [0, 0.1) is 5.82 Å². The summed E-state index contributed by atoms with van der Waals surface area (Å²) < 4.78 is 18.4. The summed E-state index contributed by atoms with van der Waals surface area (Å²) >= 11 is 2.95. The van der Waals surface area contributed by atoms with Crippen LogP contribution < -0.4 is 5.32 Å². The molecular weight excluding hydrogens is 437 g/mol. The van der Waals surface area contributed by atoms with E-state index in [2.05, 4.69) is 10.3 Å². The maximum absolute atomic E-state index is 13.1. The van der Waals surface area contributed by atoms with Crippen molar-refractivity contribution in [2.45, 2.75) is 26.3 Å². The Morgan fingerprint density at radius 2 is 2.03 bits per heavy atom. The summed E-state index contributed by atoms with van der Waals surface area (Å²) in [6.45, 7) is 3.83. The highest BCUT2D eigenvalue weighted by Crippen LogP contribution is 2.45. The van der Waals surface area contributed by atoms with Crippen LogP contribution in [0.4, 0.5) is 10.1 Å². The summed E-state index contributed by atoms with van der Waals surface area (Å²) in [5, 5.41) is 7.33. The number of anilines is 1. The molecule has 2 aliphatic rings. The van der Waals surface area contributed by atoms with Crippen molar-refractivity contribution in [3.05, 3.63) is 74.8 Å². The number of thioether (sulfide) groups is 1. The van der Waals surface area contributed by atoms with Crippen molar-refractivity contribution in [3.63, 3.8) is 0 Å². The Kier molecular flexibility index (Phi) is 6.24. The summed E-state index contributed by atoms with van der Waals surface area (Å²) in [6.07, 6.45) is 0.0838. The molecule has 0 saturated heterocycles. The van der Waals surface area contributed by atoms with E-state index in [-0.39, 0.29) is 24.8 Å². The Labute approximate surface area is 187 Å². The van der Waals surface area contributed by atoms with E-state index in [9.17, 15) is 14.0 Å². The summed E-state index contributed by atoms with van der Waals surface area (Å²) in [5.74, 6) is -1.02. The number of carbonyl (C=O) groups is 2. The second-order valence-electron chi connectivity index (χ2n) is 6.86. The first-order valence-corrected chi connectivity index (χ1v) is 11.4. The smallest absolute Gasteiger partial charge is 0.338 e. The predicted molar refractivity (Wildman–Crippen MR) is 121 cm³/mol. The highest BCUT2D eigenvalue weighted by Gasteiger charge is 2.41. The molecular formula is C22H20FN3O3S2. The van der Waals surface area contributed by atoms with Crippen LogP contribution in [0.2, 0.25) is 0 Å². The van der Waals surface area contributed by atoms with Crippen LogP contribution in [0.1, 0.15) is 31.2 Å². The molecule has 0 aliphatic carbocycles. The number of rotatable bonds is 6. The van der Waals surface area contributed by atoms with Gasteiger partial charge in [0.05, 0.1) is 24.3 Å². The Balaban J connectivity index is 1.61. The lowest BCUT2D eigenvalue weighted by Crippen LogP contribution is -2.37. The van der Waals surface area contributed by atoms with E-state index >= 15 is 0 Å². The van der Waals surface area contributed by atoms with Crippen LogP contribution in [0.5, 0.6) is 0 Å². The van der Waals surface area contributed by atoms with Crippen molar-refractivity contribution in [1.82, 2.24) is 4.90 Å². The first kappa shape index (κ1) is 21.3. The van der Waals surface area contributed by atoms with Gasteiger partial charge in [-0.3, -0.25) is 4.79 Å². The lowest BCUT2D eigenvalue weighted by Gasteiger charge is -2.35. The van der Waals surface area contributed by atoms with Crippen molar-refractivity contribution in [2.24, 2.45) is 4.99 Å². The third-order valence-corrected chi connectivity index (χ3v) is 6.59. The van der Waals surface area contributed by atoms with Crippen LogP contribution in [-0.4, -0.2) is 28.6 Å². The van der Waals surface area contributed by atoms with Gasteiger partial charge in [-0.2, -0.15) is 0 Å². The first-order chi connectivity index (χ1) is 15.0. The molecule has 1 atom stereocenters. The minimum atomic E-state index is -0.411. The highest BCUT2D eigenvalue weighted by atomic mass is 32.2. The van der Waals surface area contributed by atoms with E-state index in [0.717, 1.165) is 10.6 Å². The molecule has 1 amide bonds. The molecule has 9 heteroatoms. The Hall–Kier alpha value is -2.91. The number of aliphatic imine (C=N–C) groups is 1. The largest absolute Gasteiger partial charge is 0.463 e. The number of amides is 1. The van der Waals surface area contributed by atoms with Crippen LogP contribution >= 0.6 is 23.1 Å². The number of carbonyl (C=O) groups excluding carboxylic acids is 2. The maximum atomic E-state index is 13.1. The molecule has 4 rings (SSSR count). The quantitative estimate of drug-likeness (QED) is 0.615. The molecule has 31 heavy (non-hydrogen) atoms. The first-order valence-electron chi connectivity index (χ1n) is 9.68. The van der Waals surface area contributed by atoms with Crippen LogP contribution in [0.3, 0.4) is 0 Å². The lowest BCUT2D eigenvalue weighted by atomic mass is 9.99. The van der Waals surface area contributed by atoms with Gasteiger partial charge in [-0.15, -0.1) is 11.3 Å². The zero-order chi connectivity index (χ0) is 22.0.